The highest BCUT2D eigenvalue weighted by atomic mass is 32.1. The minimum Gasteiger partial charge on any atom is -0.395 e. The Labute approximate surface area is 128 Å². The Morgan fingerprint density at radius 1 is 1.48 bits per heavy atom. The average molecular weight is 304 g/mol. The molecule has 0 aromatic carbocycles. The maximum absolute atomic E-state index is 9.13. The number of rotatable bonds is 5. The van der Waals surface area contributed by atoms with Crippen LogP contribution in [0.1, 0.15) is 30.1 Å². The standard InChI is InChI=1S/C15H20N4OS/c1-11-4-5-14(16-9-11)18-15-17-12(10-21-15)13-3-2-6-19(13)7-8-20/h4-5,9-10,13,20H,2-3,6-8H2,1H3,(H,16,17,18)/t13-/m1/s1. The monoisotopic (exact) mass is 304 g/mol. The molecule has 21 heavy (non-hydrogen) atoms. The van der Waals surface area contributed by atoms with Crippen LogP contribution in [-0.2, 0) is 0 Å². The van der Waals surface area contributed by atoms with Crippen molar-refractivity contribution in [3.8, 4) is 0 Å². The minimum absolute atomic E-state index is 0.207. The van der Waals surface area contributed by atoms with Crippen molar-refractivity contribution < 1.29 is 5.11 Å². The van der Waals surface area contributed by atoms with E-state index >= 15 is 0 Å². The molecule has 0 aliphatic carbocycles. The third kappa shape index (κ3) is 3.40. The van der Waals surface area contributed by atoms with Crippen molar-refractivity contribution in [1.29, 1.82) is 0 Å². The van der Waals surface area contributed by atoms with Gasteiger partial charge in [-0.2, -0.15) is 0 Å². The molecule has 0 unspecified atom stereocenters. The van der Waals surface area contributed by atoms with Crippen LogP contribution in [0.2, 0.25) is 0 Å². The van der Waals surface area contributed by atoms with Crippen LogP contribution in [0.25, 0.3) is 0 Å². The number of hydrogen-bond donors (Lipinski definition) is 2. The molecule has 1 aliphatic rings. The number of nitrogens with zero attached hydrogens (tertiary/aromatic N) is 3. The summed E-state index contributed by atoms with van der Waals surface area (Å²) in [4.78, 5) is 11.3. The zero-order valence-corrected chi connectivity index (χ0v) is 12.9. The predicted octanol–water partition coefficient (Wildman–Crippen LogP) is 2.72. The molecule has 5 nitrogen and oxygen atoms in total. The van der Waals surface area contributed by atoms with E-state index in [1.807, 2.05) is 25.3 Å². The number of aliphatic hydroxyl groups is 1. The lowest BCUT2D eigenvalue weighted by molar-refractivity contribution is 0.184. The third-order valence-electron chi connectivity index (χ3n) is 3.76. The molecule has 1 atom stereocenters. The first-order valence-electron chi connectivity index (χ1n) is 7.26. The van der Waals surface area contributed by atoms with Crippen molar-refractivity contribution in [2.45, 2.75) is 25.8 Å². The lowest BCUT2D eigenvalue weighted by Crippen LogP contribution is -2.26. The van der Waals surface area contributed by atoms with E-state index in [0.29, 0.717) is 6.04 Å². The van der Waals surface area contributed by atoms with Gasteiger partial charge in [-0.05, 0) is 37.9 Å². The molecule has 0 radical (unpaired) electrons. The highest BCUT2D eigenvalue weighted by molar-refractivity contribution is 7.13. The second-order valence-electron chi connectivity index (χ2n) is 5.34. The van der Waals surface area contributed by atoms with E-state index in [1.54, 1.807) is 11.3 Å². The molecule has 3 rings (SSSR count). The fourth-order valence-electron chi connectivity index (χ4n) is 2.71. The summed E-state index contributed by atoms with van der Waals surface area (Å²) in [6, 6.07) is 4.34. The molecule has 0 spiro atoms. The van der Waals surface area contributed by atoms with E-state index in [0.717, 1.165) is 41.7 Å². The van der Waals surface area contributed by atoms with Crippen LogP contribution in [-0.4, -0.2) is 39.7 Å². The number of aromatic nitrogens is 2. The summed E-state index contributed by atoms with van der Waals surface area (Å²) in [6.45, 7) is 4.00. The highest BCUT2D eigenvalue weighted by Crippen LogP contribution is 2.33. The molecular formula is C15H20N4OS. The summed E-state index contributed by atoms with van der Waals surface area (Å²) in [6.07, 6.45) is 4.13. The molecule has 1 fully saturated rings. The van der Waals surface area contributed by atoms with E-state index in [1.165, 1.54) is 6.42 Å². The molecule has 1 saturated heterocycles. The Bertz CT molecular complexity index is 584. The first kappa shape index (κ1) is 14.4. The Balaban J connectivity index is 1.69. The molecule has 2 N–H and O–H groups in total. The maximum atomic E-state index is 9.13. The third-order valence-corrected chi connectivity index (χ3v) is 4.54. The number of β-amino-alcohol motifs (C(OH)–C–C–N with tert-alkyl or cyclic N) is 1. The van der Waals surface area contributed by atoms with Gasteiger partial charge >= 0.3 is 0 Å². The molecule has 112 valence electrons. The van der Waals surface area contributed by atoms with Crippen molar-refractivity contribution in [1.82, 2.24) is 14.9 Å². The van der Waals surface area contributed by atoms with Gasteiger partial charge in [0.15, 0.2) is 5.13 Å². The van der Waals surface area contributed by atoms with Crippen molar-refractivity contribution >= 4 is 22.3 Å². The minimum atomic E-state index is 0.207. The van der Waals surface area contributed by atoms with Crippen molar-refractivity contribution in [2.24, 2.45) is 0 Å². The molecular weight excluding hydrogens is 284 g/mol. The second kappa shape index (κ2) is 6.51. The van der Waals surface area contributed by atoms with Crippen LogP contribution in [0.4, 0.5) is 10.9 Å². The van der Waals surface area contributed by atoms with Gasteiger partial charge in [-0.25, -0.2) is 9.97 Å². The maximum Gasteiger partial charge on any atom is 0.188 e. The van der Waals surface area contributed by atoms with Crippen molar-refractivity contribution in [3.63, 3.8) is 0 Å². The Morgan fingerprint density at radius 3 is 3.14 bits per heavy atom. The van der Waals surface area contributed by atoms with Crippen LogP contribution in [0, 0.1) is 6.92 Å². The zero-order chi connectivity index (χ0) is 14.7. The summed E-state index contributed by atoms with van der Waals surface area (Å²) in [5, 5.41) is 15.4. The van der Waals surface area contributed by atoms with Gasteiger partial charge in [-0.15, -0.1) is 11.3 Å². The average Bonchev–Trinajstić information content (AvgIpc) is 3.11. The van der Waals surface area contributed by atoms with Gasteiger partial charge in [0.2, 0.25) is 0 Å². The Morgan fingerprint density at radius 2 is 2.38 bits per heavy atom. The van der Waals surface area contributed by atoms with Gasteiger partial charge in [0.25, 0.3) is 0 Å². The topological polar surface area (TPSA) is 61.3 Å². The summed E-state index contributed by atoms with van der Waals surface area (Å²) in [7, 11) is 0. The molecule has 2 aromatic heterocycles. The largest absolute Gasteiger partial charge is 0.395 e. The quantitative estimate of drug-likeness (QED) is 0.889. The second-order valence-corrected chi connectivity index (χ2v) is 6.20. The Kier molecular flexibility index (Phi) is 4.48. The number of aryl methyl sites for hydroxylation is 1. The van der Waals surface area contributed by atoms with E-state index in [2.05, 4.69) is 25.6 Å². The van der Waals surface area contributed by atoms with E-state index in [9.17, 15) is 0 Å². The summed E-state index contributed by atoms with van der Waals surface area (Å²) >= 11 is 1.60. The van der Waals surface area contributed by atoms with Gasteiger partial charge in [0.05, 0.1) is 18.3 Å². The zero-order valence-electron chi connectivity index (χ0n) is 12.1. The normalized spacial score (nSPS) is 19.0. The van der Waals surface area contributed by atoms with Crippen molar-refractivity contribution in [2.75, 3.05) is 25.0 Å². The van der Waals surface area contributed by atoms with Crippen LogP contribution in [0.5, 0.6) is 0 Å². The van der Waals surface area contributed by atoms with Crippen LogP contribution < -0.4 is 5.32 Å². The lowest BCUT2D eigenvalue weighted by atomic mass is 10.2. The molecule has 0 bridgehead atoms. The smallest absolute Gasteiger partial charge is 0.188 e. The molecule has 2 aromatic rings. The van der Waals surface area contributed by atoms with E-state index in [-0.39, 0.29) is 6.61 Å². The highest BCUT2D eigenvalue weighted by Gasteiger charge is 2.27. The number of pyridine rings is 1. The fourth-order valence-corrected chi connectivity index (χ4v) is 3.47. The van der Waals surface area contributed by atoms with Crippen molar-refractivity contribution in [3.05, 3.63) is 35.0 Å². The van der Waals surface area contributed by atoms with E-state index in [4.69, 9.17) is 5.11 Å². The first-order chi connectivity index (χ1) is 10.3. The summed E-state index contributed by atoms with van der Waals surface area (Å²) in [5.74, 6) is 0.820. The first-order valence-corrected chi connectivity index (χ1v) is 8.14. The number of anilines is 2. The summed E-state index contributed by atoms with van der Waals surface area (Å²) < 4.78 is 0. The number of likely N-dealkylation sites (tertiary alicyclic amines) is 1. The molecule has 6 heteroatoms. The predicted molar refractivity (Wildman–Crippen MR) is 85.0 cm³/mol. The van der Waals surface area contributed by atoms with E-state index < -0.39 is 0 Å². The SMILES string of the molecule is Cc1ccc(Nc2nc([C@H]3CCCN3CCO)cs2)nc1. The van der Waals surface area contributed by atoms with Crippen LogP contribution in [0.3, 0.4) is 0 Å². The molecule has 0 saturated carbocycles. The van der Waals surface area contributed by atoms with Gasteiger partial charge < -0.3 is 10.4 Å². The van der Waals surface area contributed by atoms with Gasteiger partial charge in [0, 0.05) is 18.1 Å². The van der Waals surface area contributed by atoms with Gasteiger partial charge in [-0.3, -0.25) is 4.90 Å². The number of aliphatic hydroxyl groups excluding tert-OH is 1. The lowest BCUT2D eigenvalue weighted by Gasteiger charge is -2.21. The van der Waals surface area contributed by atoms with Crippen LogP contribution in [0.15, 0.2) is 23.7 Å². The Hall–Kier alpha value is -1.50. The fraction of sp³-hybridized carbons (Fsp3) is 0.467. The van der Waals surface area contributed by atoms with Gasteiger partial charge in [0.1, 0.15) is 5.82 Å². The summed E-state index contributed by atoms with van der Waals surface area (Å²) in [5.41, 5.74) is 2.24. The number of thiazole rings is 1. The van der Waals surface area contributed by atoms with Gasteiger partial charge in [-0.1, -0.05) is 6.07 Å². The van der Waals surface area contributed by atoms with Crippen LogP contribution >= 0.6 is 11.3 Å². The number of nitrogens with one attached hydrogen (secondary N) is 1. The molecule has 0 amide bonds. The number of hydrogen-bond acceptors (Lipinski definition) is 6. The molecule has 3 heterocycles. The molecule has 1 aliphatic heterocycles.